The van der Waals surface area contributed by atoms with E-state index in [0.29, 0.717) is 0 Å². The average molecular weight is 209 g/mol. The highest BCUT2D eigenvalue weighted by Crippen LogP contribution is 2.35. The van der Waals surface area contributed by atoms with Gasteiger partial charge < -0.3 is 5.73 Å². The topological polar surface area (TPSA) is 26.0 Å². The lowest BCUT2D eigenvalue weighted by molar-refractivity contribution is 0.345. The molecule has 0 aliphatic heterocycles. The van der Waals surface area contributed by atoms with E-state index in [9.17, 15) is 0 Å². The molecule has 0 radical (unpaired) electrons. The molecule has 0 aromatic heterocycles. The van der Waals surface area contributed by atoms with E-state index in [0.717, 1.165) is 24.8 Å². The number of nitrogens with two attached hydrogens (primary N) is 1. The molecule has 2 atom stereocenters. The first-order valence-corrected chi connectivity index (χ1v) is 6.66. The summed E-state index contributed by atoms with van der Waals surface area (Å²) in [6.07, 6.45) is 11.9. The first-order chi connectivity index (χ1) is 7.29. The van der Waals surface area contributed by atoms with Crippen LogP contribution >= 0.6 is 0 Å². The van der Waals surface area contributed by atoms with E-state index in [1.165, 1.54) is 38.5 Å². The number of hydrogen-bond donors (Lipinski definition) is 1. The third kappa shape index (κ3) is 3.98. The van der Waals surface area contributed by atoms with Crippen LogP contribution in [-0.2, 0) is 0 Å². The fourth-order valence-electron chi connectivity index (χ4n) is 2.93. The highest BCUT2D eigenvalue weighted by Gasteiger charge is 2.22. The molecule has 1 heteroatoms. The summed E-state index contributed by atoms with van der Waals surface area (Å²) < 4.78 is 0. The normalized spacial score (nSPS) is 28.9. The quantitative estimate of drug-likeness (QED) is 0.552. The average Bonchev–Trinajstić information content (AvgIpc) is 2.50. The fourth-order valence-corrected chi connectivity index (χ4v) is 2.93. The molecule has 1 rings (SSSR count). The summed E-state index contributed by atoms with van der Waals surface area (Å²) in [4.78, 5) is 0. The molecule has 88 valence electrons. The summed E-state index contributed by atoms with van der Waals surface area (Å²) in [7, 11) is 0. The largest absolute Gasteiger partial charge is 0.330 e. The van der Waals surface area contributed by atoms with Crippen molar-refractivity contribution in [1.82, 2.24) is 0 Å². The van der Waals surface area contributed by atoms with Crippen LogP contribution in [0.4, 0.5) is 0 Å². The van der Waals surface area contributed by atoms with E-state index in [-0.39, 0.29) is 0 Å². The molecule has 0 bridgehead atoms. The zero-order chi connectivity index (χ0) is 11.1. The van der Waals surface area contributed by atoms with Crippen molar-refractivity contribution in [2.24, 2.45) is 17.6 Å². The van der Waals surface area contributed by atoms with Crippen molar-refractivity contribution >= 4 is 0 Å². The van der Waals surface area contributed by atoms with Gasteiger partial charge in [0.2, 0.25) is 0 Å². The van der Waals surface area contributed by atoms with Crippen LogP contribution in [0, 0.1) is 11.8 Å². The van der Waals surface area contributed by atoms with Gasteiger partial charge in [0.1, 0.15) is 0 Å². The second kappa shape index (κ2) is 7.05. The summed E-state index contributed by atoms with van der Waals surface area (Å²) in [5.41, 5.74) is 7.17. The Bertz CT molecular complexity index is 196. The third-order valence-electron chi connectivity index (χ3n) is 3.90. The summed E-state index contributed by atoms with van der Waals surface area (Å²) in [5, 5.41) is 0. The summed E-state index contributed by atoms with van der Waals surface area (Å²) >= 11 is 0. The van der Waals surface area contributed by atoms with Crippen molar-refractivity contribution in [2.45, 2.75) is 58.8 Å². The van der Waals surface area contributed by atoms with E-state index >= 15 is 0 Å². The number of rotatable bonds is 4. The monoisotopic (exact) mass is 209 g/mol. The van der Waals surface area contributed by atoms with Crippen LogP contribution in [0.5, 0.6) is 0 Å². The number of allylic oxidation sites excluding steroid dienone is 1. The molecule has 0 aromatic rings. The Labute approximate surface area is 95.1 Å². The lowest BCUT2D eigenvalue weighted by Gasteiger charge is -2.25. The Hall–Kier alpha value is -0.300. The summed E-state index contributed by atoms with van der Waals surface area (Å²) in [6, 6.07) is 0. The predicted octanol–water partition coefficient (Wildman–Crippen LogP) is 3.89. The molecule has 1 aliphatic rings. The molecule has 2 unspecified atom stereocenters. The highest BCUT2D eigenvalue weighted by atomic mass is 14.5. The zero-order valence-corrected chi connectivity index (χ0v) is 10.5. The molecule has 2 N–H and O–H groups in total. The van der Waals surface area contributed by atoms with Gasteiger partial charge in [0.15, 0.2) is 0 Å². The second-order valence-electron chi connectivity index (χ2n) is 4.94. The Morgan fingerprint density at radius 3 is 2.67 bits per heavy atom. The molecule has 1 saturated carbocycles. The van der Waals surface area contributed by atoms with Gasteiger partial charge in [0.05, 0.1) is 0 Å². The van der Waals surface area contributed by atoms with E-state index in [1.54, 1.807) is 5.57 Å². The lowest BCUT2D eigenvalue weighted by atomic mass is 9.81. The van der Waals surface area contributed by atoms with Crippen molar-refractivity contribution in [3.05, 3.63) is 11.6 Å². The van der Waals surface area contributed by atoms with Crippen molar-refractivity contribution in [3.63, 3.8) is 0 Å². The fraction of sp³-hybridized carbons (Fsp3) is 0.857. The minimum absolute atomic E-state index is 0.793. The first-order valence-electron chi connectivity index (χ1n) is 6.66. The Morgan fingerprint density at radius 2 is 2.00 bits per heavy atom. The van der Waals surface area contributed by atoms with Gasteiger partial charge in [-0.1, -0.05) is 44.3 Å². The van der Waals surface area contributed by atoms with Crippen LogP contribution in [0.15, 0.2) is 11.6 Å². The highest BCUT2D eigenvalue weighted by molar-refractivity contribution is 5.06. The van der Waals surface area contributed by atoms with Crippen LogP contribution in [0.1, 0.15) is 58.8 Å². The molecule has 0 heterocycles. The molecular weight excluding hydrogens is 182 g/mol. The van der Waals surface area contributed by atoms with Gasteiger partial charge in [-0.2, -0.15) is 0 Å². The molecule has 1 aliphatic carbocycles. The maximum absolute atomic E-state index is 5.56. The lowest BCUT2D eigenvalue weighted by Crippen LogP contribution is -2.14. The van der Waals surface area contributed by atoms with Crippen LogP contribution in [0.2, 0.25) is 0 Å². The predicted molar refractivity (Wildman–Crippen MR) is 67.8 cm³/mol. The minimum Gasteiger partial charge on any atom is -0.330 e. The van der Waals surface area contributed by atoms with Gasteiger partial charge in [-0.15, -0.1) is 0 Å². The molecule has 0 spiro atoms. The van der Waals surface area contributed by atoms with Gasteiger partial charge in [0, 0.05) is 0 Å². The second-order valence-corrected chi connectivity index (χ2v) is 4.94. The standard InChI is InChI=1S/C14H27N/c1-3-13-9-5-4-6-10-14(13)12(2)8-7-11-15/h8,13-14H,3-7,9-11,15H2,1-2H3/b12-8+. The van der Waals surface area contributed by atoms with Gasteiger partial charge in [-0.05, 0) is 44.6 Å². The molecule has 1 fully saturated rings. The minimum atomic E-state index is 0.793. The maximum Gasteiger partial charge on any atom is -0.00425 e. The SMILES string of the molecule is CCC1CCCCCC1/C(C)=C/CCN. The Kier molecular flexibility index (Phi) is 6.00. The molecule has 15 heavy (non-hydrogen) atoms. The first kappa shape index (κ1) is 12.8. The number of hydrogen-bond acceptors (Lipinski definition) is 1. The van der Waals surface area contributed by atoms with Gasteiger partial charge in [-0.3, -0.25) is 0 Å². The molecule has 1 nitrogen and oxygen atoms in total. The van der Waals surface area contributed by atoms with Crippen LogP contribution < -0.4 is 5.73 Å². The molecule has 0 amide bonds. The Balaban J connectivity index is 2.60. The van der Waals surface area contributed by atoms with Gasteiger partial charge in [-0.25, -0.2) is 0 Å². The van der Waals surface area contributed by atoms with Crippen LogP contribution in [0.3, 0.4) is 0 Å². The molecular formula is C14H27N. The van der Waals surface area contributed by atoms with Crippen LogP contribution in [0.25, 0.3) is 0 Å². The van der Waals surface area contributed by atoms with Crippen LogP contribution in [-0.4, -0.2) is 6.54 Å². The van der Waals surface area contributed by atoms with Crippen molar-refractivity contribution in [2.75, 3.05) is 6.54 Å². The zero-order valence-electron chi connectivity index (χ0n) is 10.5. The Morgan fingerprint density at radius 1 is 1.27 bits per heavy atom. The summed E-state index contributed by atoms with van der Waals surface area (Å²) in [5.74, 6) is 1.78. The molecule has 0 aromatic carbocycles. The molecule has 0 saturated heterocycles. The maximum atomic E-state index is 5.56. The van der Waals surface area contributed by atoms with Crippen molar-refractivity contribution in [3.8, 4) is 0 Å². The summed E-state index contributed by atoms with van der Waals surface area (Å²) in [6.45, 7) is 5.45. The van der Waals surface area contributed by atoms with E-state index in [2.05, 4.69) is 19.9 Å². The van der Waals surface area contributed by atoms with E-state index in [1.807, 2.05) is 0 Å². The van der Waals surface area contributed by atoms with Gasteiger partial charge in [0.25, 0.3) is 0 Å². The smallest absolute Gasteiger partial charge is 0.00425 e. The van der Waals surface area contributed by atoms with E-state index < -0.39 is 0 Å². The van der Waals surface area contributed by atoms with E-state index in [4.69, 9.17) is 5.73 Å². The van der Waals surface area contributed by atoms with Crippen molar-refractivity contribution in [1.29, 1.82) is 0 Å². The third-order valence-corrected chi connectivity index (χ3v) is 3.90. The van der Waals surface area contributed by atoms with Gasteiger partial charge >= 0.3 is 0 Å². The van der Waals surface area contributed by atoms with Crippen molar-refractivity contribution < 1.29 is 0 Å².